The molecule has 0 radical (unpaired) electrons. The number of nitrogens with one attached hydrogen (secondary N) is 1. The van der Waals surface area contributed by atoms with Crippen LogP contribution in [0.1, 0.15) is 35.2 Å². The van der Waals surface area contributed by atoms with Gasteiger partial charge in [-0.15, -0.1) is 0 Å². The third kappa shape index (κ3) is 3.91. The Kier molecular flexibility index (Phi) is 4.73. The highest BCUT2D eigenvalue weighted by Gasteiger charge is 2.12. The maximum absolute atomic E-state index is 13.5. The second kappa shape index (κ2) is 6.53. The van der Waals surface area contributed by atoms with Crippen molar-refractivity contribution in [3.05, 3.63) is 70.5 Å². The van der Waals surface area contributed by atoms with Crippen molar-refractivity contribution in [2.75, 3.05) is 0 Å². The lowest BCUT2D eigenvalue weighted by molar-refractivity contribution is -0.121. The fourth-order valence-electron chi connectivity index (χ4n) is 2.22. The van der Waals surface area contributed by atoms with E-state index >= 15 is 0 Å². The average molecular weight is 285 g/mol. The van der Waals surface area contributed by atoms with E-state index in [1.54, 1.807) is 18.2 Å². The SMILES string of the molecule is Cc1ccc(C(C)NC(=O)Cc2ccccc2F)cc1C. The van der Waals surface area contributed by atoms with Gasteiger partial charge in [-0.05, 0) is 49.1 Å². The smallest absolute Gasteiger partial charge is 0.225 e. The molecular weight excluding hydrogens is 265 g/mol. The maximum atomic E-state index is 13.5. The van der Waals surface area contributed by atoms with E-state index in [0.29, 0.717) is 5.56 Å². The van der Waals surface area contributed by atoms with E-state index in [2.05, 4.69) is 18.3 Å². The van der Waals surface area contributed by atoms with Gasteiger partial charge < -0.3 is 5.32 Å². The first-order valence-corrected chi connectivity index (χ1v) is 7.07. The van der Waals surface area contributed by atoms with Gasteiger partial charge in [-0.3, -0.25) is 4.79 Å². The van der Waals surface area contributed by atoms with E-state index < -0.39 is 0 Å². The fraction of sp³-hybridized carbons (Fsp3) is 0.278. The van der Waals surface area contributed by atoms with E-state index in [0.717, 1.165) is 5.56 Å². The molecule has 0 heterocycles. The van der Waals surface area contributed by atoms with Gasteiger partial charge in [-0.25, -0.2) is 4.39 Å². The van der Waals surface area contributed by atoms with Crippen molar-refractivity contribution in [2.24, 2.45) is 0 Å². The van der Waals surface area contributed by atoms with Gasteiger partial charge in [0, 0.05) is 0 Å². The number of hydrogen-bond donors (Lipinski definition) is 1. The lowest BCUT2D eigenvalue weighted by Crippen LogP contribution is -2.28. The minimum Gasteiger partial charge on any atom is -0.349 e. The van der Waals surface area contributed by atoms with Gasteiger partial charge >= 0.3 is 0 Å². The summed E-state index contributed by atoms with van der Waals surface area (Å²) in [5.74, 6) is -0.516. The van der Waals surface area contributed by atoms with E-state index in [-0.39, 0.29) is 24.2 Å². The molecule has 3 heteroatoms. The Morgan fingerprint density at radius 1 is 1.14 bits per heavy atom. The van der Waals surface area contributed by atoms with Crippen molar-refractivity contribution >= 4 is 5.91 Å². The minimum atomic E-state index is -0.341. The van der Waals surface area contributed by atoms with Gasteiger partial charge in [-0.2, -0.15) is 0 Å². The Morgan fingerprint density at radius 3 is 2.52 bits per heavy atom. The van der Waals surface area contributed by atoms with E-state index in [4.69, 9.17) is 0 Å². The first-order chi connectivity index (χ1) is 9.97. The first kappa shape index (κ1) is 15.2. The number of carbonyl (C=O) groups excluding carboxylic acids is 1. The zero-order valence-electron chi connectivity index (χ0n) is 12.6. The molecule has 1 unspecified atom stereocenters. The highest BCUT2D eigenvalue weighted by Crippen LogP contribution is 2.17. The topological polar surface area (TPSA) is 29.1 Å². The van der Waals surface area contributed by atoms with Crippen LogP contribution in [0.25, 0.3) is 0 Å². The zero-order chi connectivity index (χ0) is 15.4. The van der Waals surface area contributed by atoms with Crippen LogP contribution in [0, 0.1) is 19.7 Å². The maximum Gasteiger partial charge on any atom is 0.225 e. The lowest BCUT2D eigenvalue weighted by Gasteiger charge is -2.16. The summed E-state index contributed by atoms with van der Waals surface area (Å²) in [5.41, 5.74) is 3.90. The van der Waals surface area contributed by atoms with E-state index in [9.17, 15) is 9.18 Å². The van der Waals surface area contributed by atoms with Gasteiger partial charge in [0.25, 0.3) is 0 Å². The number of benzene rings is 2. The van der Waals surface area contributed by atoms with Crippen molar-refractivity contribution in [3.8, 4) is 0 Å². The monoisotopic (exact) mass is 285 g/mol. The Hall–Kier alpha value is -2.16. The molecule has 2 rings (SSSR count). The summed E-state index contributed by atoms with van der Waals surface area (Å²) in [5, 5.41) is 2.91. The number of rotatable bonds is 4. The molecule has 1 amide bonds. The van der Waals surface area contributed by atoms with E-state index in [1.807, 2.05) is 26.0 Å². The van der Waals surface area contributed by atoms with Crippen LogP contribution in [0.3, 0.4) is 0 Å². The number of amides is 1. The van der Waals surface area contributed by atoms with Gasteiger partial charge in [0.1, 0.15) is 5.82 Å². The Morgan fingerprint density at radius 2 is 1.86 bits per heavy atom. The van der Waals surface area contributed by atoms with Crippen LogP contribution in [-0.4, -0.2) is 5.91 Å². The molecule has 0 saturated heterocycles. The van der Waals surface area contributed by atoms with Crippen molar-refractivity contribution in [1.82, 2.24) is 5.32 Å². The van der Waals surface area contributed by atoms with Gasteiger partial charge in [-0.1, -0.05) is 36.4 Å². The zero-order valence-corrected chi connectivity index (χ0v) is 12.6. The molecule has 0 aliphatic rings. The van der Waals surface area contributed by atoms with Crippen molar-refractivity contribution in [1.29, 1.82) is 0 Å². The summed E-state index contributed by atoms with van der Waals surface area (Å²) in [7, 11) is 0. The largest absolute Gasteiger partial charge is 0.349 e. The molecule has 110 valence electrons. The summed E-state index contributed by atoms with van der Waals surface area (Å²) in [4.78, 5) is 12.0. The quantitative estimate of drug-likeness (QED) is 0.908. The van der Waals surface area contributed by atoms with Crippen LogP contribution in [-0.2, 0) is 11.2 Å². The summed E-state index contributed by atoms with van der Waals surface area (Å²) in [6.07, 6.45) is 0.0574. The third-order valence-electron chi connectivity index (χ3n) is 3.72. The van der Waals surface area contributed by atoms with Crippen LogP contribution in [0.4, 0.5) is 4.39 Å². The molecule has 2 nitrogen and oxygen atoms in total. The fourth-order valence-corrected chi connectivity index (χ4v) is 2.22. The third-order valence-corrected chi connectivity index (χ3v) is 3.72. The molecule has 2 aromatic rings. The molecule has 1 N–H and O–H groups in total. The van der Waals surface area contributed by atoms with Gasteiger partial charge in [0.15, 0.2) is 0 Å². The summed E-state index contributed by atoms with van der Waals surface area (Å²) in [6.45, 7) is 6.04. The van der Waals surface area contributed by atoms with Crippen molar-refractivity contribution in [2.45, 2.75) is 33.2 Å². The highest BCUT2D eigenvalue weighted by atomic mass is 19.1. The van der Waals surface area contributed by atoms with Crippen molar-refractivity contribution in [3.63, 3.8) is 0 Å². The number of halogens is 1. The van der Waals surface area contributed by atoms with E-state index in [1.165, 1.54) is 17.2 Å². The number of hydrogen-bond acceptors (Lipinski definition) is 1. The second-order valence-corrected chi connectivity index (χ2v) is 5.40. The van der Waals surface area contributed by atoms with Gasteiger partial charge in [0.05, 0.1) is 12.5 Å². The van der Waals surface area contributed by atoms with Crippen LogP contribution in [0.5, 0.6) is 0 Å². The molecule has 0 aromatic heterocycles. The predicted octanol–water partition coefficient (Wildman–Crippen LogP) is 3.86. The summed E-state index contributed by atoms with van der Waals surface area (Å²) in [6, 6.07) is 12.4. The summed E-state index contributed by atoms with van der Waals surface area (Å²) < 4.78 is 13.5. The lowest BCUT2D eigenvalue weighted by atomic mass is 10.0. The molecule has 0 fully saturated rings. The molecule has 21 heavy (non-hydrogen) atoms. The summed E-state index contributed by atoms with van der Waals surface area (Å²) >= 11 is 0. The molecule has 0 saturated carbocycles. The van der Waals surface area contributed by atoms with Crippen LogP contribution in [0.15, 0.2) is 42.5 Å². The normalized spacial score (nSPS) is 12.0. The first-order valence-electron chi connectivity index (χ1n) is 7.07. The average Bonchev–Trinajstić information content (AvgIpc) is 2.44. The molecule has 1 atom stereocenters. The molecule has 2 aromatic carbocycles. The molecule has 0 aliphatic carbocycles. The minimum absolute atomic E-state index is 0.0574. The number of aryl methyl sites for hydroxylation is 2. The highest BCUT2D eigenvalue weighted by molar-refractivity contribution is 5.79. The molecule has 0 bridgehead atoms. The predicted molar refractivity (Wildman–Crippen MR) is 82.6 cm³/mol. The van der Waals surface area contributed by atoms with Crippen LogP contribution in [0.2, 0.25) is 0 Å². The van der Waals surface area contributed by atoms with Crippen LogP contribution < -0.4 is 5.32 Å². The Labute approximate surface area is 125 Å². The van der Waals surface area contributed by atoms with Crippen LogP contribution >= 0.6 is 0 Å². The standard InChI is InChI=1S/C18H20FNO/c1-12-8-9-15(10-13(12)2)14(3)20-18(21)11-16-6-4-5-7-17(16)19/h4-10,14H,11H2,1-3H3,(H,20,21). The molecule has 0 spiro atoms. The van der Waals surface area contributed by atoms with Crippen molar-refractivity contribution < 1.29 is 9.18 Å². The molecular formula is C18H20FNO. The number of carbonyl (C=O) groups is 1. The second-order valence-electron chi connectivity index (χ2n) is 5.40. The van der Waals surface area contributed by atoms with Gasteiger partial charge in [0.2, 0.25) is 5.91 Å². The molecule has 0 aliphatic heterocycles. The Balaban J connectivity index is 2.02. The Bertz CT molecular complexity index is 651.